The van der Waals surface area contributed by atoms with Crippen LogP contribution in [0.2, 0.25) is 0 Å². The summed E-state index contributed by atoms with van der Waals surface area (Å²) in [5.74, 6) is 0. The minimum atomic E-state index is 0.167. The average Bonchev–Trinajstić information content (AvgIpc) is 0.811. The van der Waals surface area contributed by atoms with Crippen molar-refractivity contribution in [2.45, 2.75) is 6.92 Å². The maximum absolute atomic E-state index is 9.44. The second-order valence-electron chi connectivity index (χ2n) is 0.556. The first-order valence-corrected chi connectivity index (χ1v) is 2.00. The van der Waals surface area contributed by atoms with Gasteiger partial charge >= 0.3 is 32.8 Å². The van der Waals surface area contributed by atoms with Crippen molar-refractivity contribution in [1.29, 1.82) is 0 Å². The molecule has 0 aliphatic carbocycles. The molecule has 21 valence electrons. The average molecular weight is 116 g/mol. The summed E-state index contributed by atoms with van der Waals surface area (Å²) >= 11 is 1.53. The van der Waals surface area contributed by atoms with E-state index in [9.17, 15) is 4.79 Å². The van der Waals surface area contributed by atoms with Crippen LogP contribution in [0.5, 0.6) is 0 Å². The summed E-state index contributed by atoms with van der Waals surface area (Å²) in [6.07, 6.45) is 0. The predicted octanol–water partition coefficient (Wildman–Crippen LogP) is -0.299. The van der Waals surface area contributed by atoms with Crippen LogP contribution in [0.1, 0.15) is 6.92 Å². The zero-order chi connectivity index (χ0) is 3.58. The van der Waals surface area contributed by atoms with Crippen LogP contribution < -0.4 is 0 Å². The van der Waals surface area contributed by atoms with Crippen molar-refractivity contribution in [2.24, 2.45) is 0 Å². The molecular weight excluding hydrogens is 113 g/mol. The molecule has 0 heterocycles. The molecule has 0 saturated carbocycles. The monoisotopic (exact) mass is 117 g/mol. The molecule has 0 atom stereocenters. The molecule has 0 bridgehead atoms. The quantitative estimate of drug-likeness (QED) is 0.397. The second kappa shape index (κ2) is 1.52. The van der Waals surface area contributed by atoms with Gasteiger partial charge in [-0.05, 0) is 0 Å². The number of rotatable bonds is 0. The first kappa shape index (κ1) is 4.21. The molecule has 0 aromatic heterocycles. The topological polar surface area (TPSA) is 17.1 Å². The molecule has 0 rings (SSSR count). The van der Waals surface area contributed by atoms with E-state index < -0.39 is 0 Å². The Bertz CT molecular complexity index is 29.0. The van der Waals surface area contributed by atoms with E-state index in [1.807, 2.05) is 0 Å². The van der Waals surface area contributed by atoms with Gasteiger partial charge in [0.05, 0.1) is 0 Å². The van der Waals surface area contributed by atoms with Crippen molar-refractivity contribution in [3.8, 4) is 0 Å². The van der Waals surface area contributed by atoms with Gasteiger partial charge < -0.3 is 0 Å². The van der Waals surface area contributed by atoms with Gasteiger partial charge in [0.25, 0.3) is 0 Å². The van der Waals surface area contributed by atoms with Gasteiger partial charge in [0, 0.05) is 0 Å². The molecule has 0 aliphatic heterocycles. The summed E-state index contributed by atoms with van der Waals surface area (Å²) in [7, 11) is 0. The van der Waals surface area contributed by atoms with Gasteiger partial charge in [0.15, 0.2) is 0 Å². The molecule has 0 N–H and O–H groups in total. The minimum absolute atomic E-state index is 0.167. The molecular formula is C2H3GeO. The zero-order valence-corrected chi connectivity index (χ0v) is 4.51. The third kappa shape index (κ3) is 71.8. The Labute approximate surface area is 33.6 Å². The van der Waals surface area contributed by atoms with Gasteiger partial charge in [-0.15, -0.1) is 0 Å². The van der Waals surface area contributed by atoms with Crippen molar-refractivity contribution in [2.75, 3.05) is 0 Å². The molecule has 0 amide bonds. The van der Waals surface area contributed by atoms with Gasteiger partial charge in [-0.1, -0.05) is 0 Å². The normalized spacial score (nSPS) is 6.50. The van der Waals surface area contributed by atoms with E-state index in [2.05, 4.69) is 0 Å². The Hall–Kier alpha value is 0.213. The number of carbonyl (C=O) groups is 1. The number of hydrogen-bond acceptors (Lipinski definition) is 1. The predicted molar refractivity (Wildman–Crippen MR) is 16.4 cm³/mol. The summed E-state index contributed by atoms with van der Waals surface area (Å²) in [5, 5.41) is 0. The summed E-state index contributed by atoms with van der Waals surface area (Å²) in [6, 6.07) is 0. The van der Waals surface area contributed by atoms with Crippen LogP contribution >= 0.6 is 0 Å². The number of hydrogen-bond donors (Lipinski definition) is 0. The van der Waals surface area contributed by atoms with Crippen molar-refractivity contribution < 1.29 is 4.79 Å². The molecule has 0 aromatic rings. The van der Waals surface area contributed by atoms with Crippen LogP contribution in [0.15, 0.2) is 0 Å². The van der Waals surface area contributed by atoms with E-state index in [1.54, 1.807) is 0 Å². The SMILES string of the molecule is C[C](=O)[Ge]. The molecule has 0 fully saturated rings. The molecule has 0 spiro atoms. The zero-order valence-electron chi connectivity index (χ0n) is 2.41. The molecule has 0 saturated heterocycles. The second-order valence-corrected chi connectivity index (χ2v) is 2.03. The molecule has 3 radical (unpaired) electrons. The molecule has 0 unspecified atom stereocenters. The van der Waals surface area contributed by atoms with Crippen molar-refractivity contribution >= 4 is 21.1 Å². The molecule has 0 aliphatic rings. The van der Waals surface area contributed by atoms with E-state index >= 15 is 0 Å². The van der Waals surface area contributed by atoms with Crippen molar-refractivity contribution in [3.05, 3.63) is 0 Å². The van der Waals surface area contributed by atoms with E-state index in [0.717, 1.165) is 0 Å². The van der Waals surface area contributed by atoms with Crippen LogP contribution in [-0.4, -0.2) is 21.1 Å². The van der Waals surface area contributed by atoms with Crippen molar-refractivity contribution in [3.63, 3.8) is 0 Å². The summed E-state index contributed by atoms with van der Waals surface area (Å²) in [5.41, 5.74) is 0. The Morgan fingerprint density at radius 3 is 2.00 bits per heavy atom. The van der Waals surface area contributed by atoms with Crippen LogP contribution in [0.25, 0.3) is 0 Å². The van der Waals surface area contributed by atoms with E-state index in [0.29, 0.717) is 0 Å². The van der Waals surface area contributed by atoms with Crippen LogP contribution in [-0.2, 0) is 4.79 Å². The fourth-order valence-corrected chi connectivity index (χ4v) is 0. The van der Waals surface area contributed by atoms with Crippen LogP contribution in [0.4, 0.5) is 0 Å². The summed E-state index contributed by atoms with van der Waals surface area (Å²) in [6.45, 7) is 1.53. The molecule has 4 heavy (non-hydrogen) atoms. The first-order valence-electron chi connectivity index (χ1n) is 0.954. The van der Waals surface area contributed by atoms with E-state index in [1.165, 1.54) is 23.4 Å². The standard InChI is InChI=1S/C2H3GeO/c1-2(3)4/h1H3. The molecule has 0 aromatic carbocycles. The van der Waals surface area contributed by atoms with Gasteiger partial charge in [0.1, 0.15) is 0 Å². The Morgan fingerprint density at radius 2 is 2.00 bits per heavy atom. The van der Waals surface area contributed by atoms with Gasteiger partial charge in [-0.25, -0.2) is 0 Å². The van der Waals surface area contributed by atoms with Gasteiger partial charge in [-0.3, -0.25) is 0 Å². The Balaban J connectivity index is 2.80. The van der Waals surface area contributed by atoms with Crippen LogP contribution in [0, 0.1) is 0 Å². The summed E-state index contributed by atoms with van der Waals surface area (Å²) in [4.78, 5) is 9.44. The summed E-state index contributed by atoms with van der Waals surface area (Å²) < 4.78 is 0.167. The third-order valence-electron chi connectivity index (χ3n) is 0. The maximum atomic E-state index is 9.44. The fraction of sp³-hybridized carbons (Fsp3) is 0.500. The Kier molecular flexibility index (Phi) is 1.61. The van der Waals surface area contributed by atoms with Crippen LogP contribution in [0.3, 0.4) is 0 Å². The van der Waals surface area contributed by atoms with Gasteiger partial charge in [-0.2, -0.15) is 0 Å². The number of carbonyl (C=O) groups excluding carboxylic acids is 1. The third-order valence-corrected chi connectivity index (χ3v) is 0. The molecule has 2 heteroatoms. The Morgan fingerprint density at radius 1 is 2.00 bits per heavy atom. The molecule has 1 nitrogen and oxygen atoms in total. The fourth-order valence-electron chi connectivity index (χ4n) is 0. The van der Waals surface area contributed by atoms with E-state index in [-0.39, 0.29) is 4.62 Å². The van der Waals surface area contributed by atoms with Gasteiger partial charge in [0.2, 0.25) is 0 Å². The first-order chi connectivity index (χ1) is 1.73. The van der Waals surface area contributed by atoms with E-state index in [4.69, 9.17) is 0 Å². The van der Waals surface area contributed by atoms with Crippen molar-refractivity contribution in [1.82, 2.24) is 0 Å².